The minimum Gasteiger partial charge on any atom is -0.465 e. The maximum atomic E-state index is 12.1. The minimum atomic E-state index is -0.448. The van der Waals surface area contributed by atoms with Gasteiger partial charge >= 0.3 is 5.97 Å². The summed E-state index contributed by atoms with van der Waals surface area (Å²) >= 11 is 1.54. The molecule has 1 aliphatic heterocycles. The van der Waals surface area contributed by atoms with Crippen LogP contribution in [-0.4, -0.2) is 55.6 Å². The van der Waals surface area contributed by atoms with Gasteiger partial charge in [-0.25, -0.2) is 14.8 Å². The monoisotopic (exact) mass is 488 g/mol. The highest BCUT2D eigenvalue weighted by molar-refractivity contribution is 7.22. The van der Waals surface area contributed by atoms with Crippen molar-refractivity contribution in [1.82, 2.24) is 9.97 Å². The smallest absolute Gasteiger partial charge is 0.337 e. The molecule has 0 aliphatic carbocycles. The van der Waals surface area contributed by atoms with Crippen molar-refractivity contribution in [1.29, 1.82) is 5.41 Å². The molecule has 0 bridgehead atoms. The van der Waals surface area contributed by atoms with E-state index in [1.165, 1.54) is 24.7 Å². The molecule has 35 heavy (non-hydrogen) atoms. The SMILES string of the molecule is COC(=O)c1cc(N)cc(-c2cc3nc(-c4cccc(N)c4C=N)nc(N4CCOCC4)c3s2)c1. The fraction of sp³-hybridized carbons (Fsp3) is 0.200. The van der Waals surface area contributed by atoms with Crippen LogP contribution in [0, 0.1) is 5.41 Å². The number of hydrogen-bond acceptors (Lipinski definition) is 10. The van der Waals surface area contributed by atoms with Crippen LogP contribution in [0.1, 0.15) is 15.9 Å². The van der Waals surface area contributed by atoms with E-state index in [2.05, 4.69) is 4.90 Å². The highest BCUT2D eigenvalue weighted by Crippen LogP contribution is 2.40. The summed E-state index contributed by atoms with van der Waals surface area (Å²) in [7, 11) is 1.34. The number of thiophene rings is 1. The van der Waals surface area contributed by atoms with E-state index in [9.17, 15) is 4.79 Å². The second kappa shape index (κ2) is 9.32. The number of ether oxygens (including phenoxy) is 2. The van der Waals surface area contributed by atoms with E-state index < -0.39 is 5.97 Å². The van der Waals surface area contributed by atoms with Crippen molar-refractivity contribution in [2.24, 2.45) is 0 Å². The fourth-order valence-electron chi connectivity index (χ4n) is 4.14. The van der Waals surface area contributed by atoms with Crippen molar-refractivity contribution in [2.45, 2.75) is 0 Å². The second-order valence-corrected chi connectivity index (χ2v) is 9.14. The summed E-state index contributed by atoms with van der Waals surface area (Å²) in [5.41, 5.74) is 16.4. The van der Waals surface area contributed by atoms with E-state index >= 15 is 0 Å². The molecule has 1 fully saturated rings. The Hall–Kier alpha value is -4.02. The molecule has 0 saturated carbocycles. The van der Waals surface area contributed by atoms with Crippen molar-refractivity contribution in [2.75, 3.05) is 49.8 Å². The second-order valence-electron chi connectivity index (χ2n) is 8.08. The Kier molecular flexibility index (Phi) is 6.06. The minimum absolute atomic E-state index is 0.385. The van der Waals surface area contributed by atoms with Crippen molar-refractivity contribution >= 4 is 50.9 Å². The first-order chi connectivity index (χ1) is 17.0. The van der Waals surface area contributed by atoms with Crippen LogP contribution in [0.25, 0.3) is 32.0 Å². The number of nitrogens with zero attached hydrogens (tertiary/aromatic N) is 3. The summed E-state index contributed by atoms with van der Waals surface area (Å²) in [6.07, 6.45) is 1.23. The van der Waals surface area contributed by atoms with Crippen molar-refractivity contribution < 1.29 is 14.3 Å². The highest BCUT2D eigenvalue weighted by Gasteiger charge is 2.22. The van der Waals surface area contributed by atoms with Gasteiger partial charge in [-0.3, -0.25) is 0 Å². The quantitative estimate of drug-likeness (QED) is 0.219. The molecule has 1 saturated heterocycles. The van der Waals surface area contributed by atoms with Gasteiger partial charge in [-0.15, -0.1) is 11.3 Å². The number of hydrogen-bond donors (Lipinski definition) is 3. The number of fused-ring (bicyclic) bond motifs is 1. The summed E-state index contributed by atoms with van der Waals surface area (Å²) in [4.78, 5) is 25.0. The molecule has 0 amide bonds. The molecule has 0 radical (unpaired) electrons. The van der Waals surface area contributed by atoms with Gasteiger partial charge in [0.15, 0.2) is 11.6 Å². The molecule has 4 aromatic rings. The third-order valence-electron chi connectivity index (χ3n) is 5.85. The first kappa shape index (κ1) is 22.8. The Bertz CT molecular complexity index is 1440. The van der Waals surface area contributed by atoms with Crippen LogP contribution in [0.2, 0.25) is 0 Å². The number of nitrogens with two attached hydrogens (primary N) is 2. The summed E-state index contributed by atoms with van der Waals surface area (Å²) in [6.45, 7) is 2.64. The standard InChI is InChI=1S/C25H24N6O3S/c1-33-25(32)15-9-14(10-16(27)11-15)21-12-20-22(35-21)24(31-5-7-34-8-6-31)30-23(29-20)17-3-2-4-19(28)18(17)13-26/h2-4,9-13,26H,5-8,27-28H2,1H3. The van der Waals surface area contributed by atoms with E-state index in [1.807, 2.05) is 24.3 Å². The predicted molar refractivity (Wildman–Crippen MR) is 139 cm³/mol. The average Bonchev–Trinajstić information content (AvgIpc) is 3.32. The van der Waals surface area contributed by atoms with Gasteiger partial charge in [-0.2, -0.15) is 0 Å². The number of anilines is 3. The highest BCUT2D eigenvalue weighted by atomic mass is 32.1. The molecule has 0 unspecified atom stereocenters. The largest absolute Gasteiger partial charge is 0.465 e. The molecule has 3 heterocycles. The third-order valence-corrected chi connectivity index (χ3v) is 7.02. The summed E-state index contributed by atoms with van der Waals surface area (Å²) in [5, 5.41) is 7.86. The number of nitrogen functional groups attached to an aromatic ring is 2. The maximum absolute atomic E-state index is 12.1. The van der Waals surface area contributed by atoms with Crippen LogP contribution < -0.4 is 16.4 Å². The molecule has 0 spiro atoms. The van der Waals surface area contributed by atoms with E-state index in [4.69, 9.17) is 36.3 Å². The van der Waals surface area contributed by atoms with Gasteiger partial charge in [0.2, 0.25) is 0 Å². The van der Waals surface area contributed by atoms with Gasteiger partial charge in [0.05, 0.1) is 36.1 Å². The molecule has 178 valence electrons. The number of carbonyl (C=O) groups excluding carboxylic acids is 1. The lowest BCUT2D eigenvalue weighted by Gasteiger charge is -2.28. The van der Waals surface area contributed by atoms with Crippen LogP contribution >= 0.6 is 11.3 Å². The number of methoxy groups -OCH3 is 1. The summed E-state index contributed by atoms with van der Waals surface area (Å²) < 4.78 is 11.3. The first-order valence-electron chi connectivity index (χ1n) is 11.0. The topological polar surface area (TPSA) is 140 Å². The van der Waals surface area contributed by atoms with Gasteiger partial charge in [0.25, 0.3) is 0 Å². The molecular formula is C25H24N6O3S. The lowest BCUT2D eigenvalue weighted by molar-refractivity contribution is 0.0601. The summed E-state index contributed by atoms with van der Waals surface area (Å²) in [5.74, 6) is 0.855. The lowest BCUT2D eigenvalue weighted by atomic mass is 10.1. The van der Waals surface area contributed by atoms with E-state index in [-0.39, 0.29) is 0 Å². The van der Waals surface area contributed by atoms with Crippen LogP contribution in [0.15, 0.2) is 42.5 Å². The number of benzene rings is 2. The van der Waals surface area contributed by atoms with Crippen molar-refractivity contribution in [3.8, 4) is 21.8 Å². The van der Waals surface area contributed by atoms with Crippen LogP contribution in [0.4, 0.5) is 17.2 Å². The molecule has 1 aliphatic rings. The number of esters is 1. The fourth-order valence-corrected chi connectivity index (χ4v) is 5.24. The Morgan fingerprint density at radius 3 is 2.71 bits per heavy atom. The molecule has 5 rings (SSSR count). The number of nitrogens with one attached hydrogen (secondary N) is 1. The third kappa shape index (κ3) is 4.29. The zero-order valence-electron chi connectivity index (χ0n) is 19.1. The molecule has 10 heteroatoms. The lowest BCUT2D eigenvalue weighted by Crippen LogP contribution is -2.36. The van der Waals surface area contributed by atoms with Gasteiger partial charge in [-0.1, -0.05) is 12.1 Å². The van der Waals surface area contributed by atoms with Gasteiger partial charge in [0.1, 0.15) is 0 Å². The Morgan fingerprint density at radius 2 is 1.97 bits per heavy atom. The molecule has 5 N–H and O–H groups in total. The van der Waals surface area contributed by atoms with Gasteiger partial charge < -0.3 is 31.3 Å². The van der Waals surface area contributed by atoms with E-state index in [0.29, 0.717) is 60.2 Å². The molecule has 9 nitrogen and oxygen atoms in total. The van der Waals surface area contributed by atoms with Gasteiger partial charge in [-0.05, 0) is 35.9 Å². The molecule has 0 atom stereocenters. The van der Waals surface area contributed by atoms with Crippen LogP contribution in [-0.2, 0) is 9.47 Å². The van der Waals surface area contributed by atoms with Crippen molar-refractivity contribution in [3.63, 3.8) is 0 Å². The zero-order chi connectivity index (χ0) is 24.5. The van der Waals surface area contributed by atoms with E-state index in [0.717, 1.165) is 26.5 Å². The van der Waals surface area contributed by atoms with Gasteiger partial charge in [0, 0.05) is 46.7 Å². The zero-order valence-corrected chi connectivity index (χ0v) is 19.9. The van der Waals surface area contributed by atoms with Crippen LogP contribution in [0.5, 0.6) is 0 Å². The first-order valence-corrected chi connectivity index (χ1v) is 11.8. The number of morpholine rings is 1. The average molecular weight is 489 g/mol. The Morgan fingerprint density at radius 1 is 1.17 bits per heavy atom. The Balaban J connectivity index is 1.71. The molecule has 2 aromatic heterocycles. The number of carbonyl (C=O) groups is 1. The molecule has 2 aromatic carbocycles. The number of rotatable bonds is 5. The normalized spacial score (nSPS) is 13.7. The molecular weight excluding hydrogens is 464 g/mol. The van der Waals surface area contributed by atoms with Crippen molar-refractivity contribution in [3.05, 3.63) is 53.6 Å². The van der Waals surface area contributed by atoms with E-state index in [1.54, 1.807) is 18.2 Å². The number of aromatic nitrogens is 2. The van der Waals surface area contributed by atoms with Crippen LogP contribution in [0.3, 0.4) is 0 Å². The summed E-state index contributed by atoms with van der Waals surface area (Å²) in [6, 6.07) is 12.6. The maximum Gasteiger partial charge on any atom is 0.337 e. The Labute approximate surface area is 205 Å². The predicted octanol–water partition coefficient (Wildman–Crippen LogP) is 3.81.